The second-order valence-electron chi connectivity index (χ2n) is 4.39. The quantitative estimate of drug-likeness (QED) is 0.494. The highest BCUT2D eigenvalue weighted by atomic mass is 14.1. The number of hydrogen-bond donors (Lipinski definition) is 0. The van der Waals surface area contributed by atoms with Crippen LogP contribution in [0.25, 0.3) is 0 Å². The molecule has 0 aromatic carbocycles. The molecule has 0 saturated carbocycles. The lowest BCUT2D eigenvalue weighted by Crippen LogP contribution is -1.94. The molecule has 0 heteroatoms. The van der Waals surface area contributed by atoms with E-state index >= 15 is 0 Å². The van der Waals surface area contributed by atoms with Gasteiger partial charge in [-0.3, -0.25) is 0 Å². The molecule has 0 heterocycles. The minimum Gasteiger partial charge on any atom is -0.0958 e. The molecule has 0 nitrogen and oxygen atoms in total. The summed E-state index contributed by atoms with van der Waals surface area (Å²) < 4.78 is 0. The fraction of sp³-hybridized carbons (Fsp3) is 0.714. The first-order valence-corrected chi connectivity index (χ1v) is 6.00. The van der Waals surface area contributed by atoms with Crippen LogP contribution in [0, 0.1) is 5.92 Å². The lowest BCUT2D eigenvalue weighted by Gasteiger charge is -2.11. The number of unbranched alkanes of at least 4 members (excludes halogenated alkanes) is 1. The van der Waals surface area contributed by atoms with Crippen molar-refractivity contribution in [2.24, 2.45) is 5.92 Å². The minimum atomic E-state index is 0.674. The maximum absolute atomic E-state index is 4.12. The molecule has 0 radical (unpaired) electrons. The Labute approximate surface area is 90.1 Å². The van der Waals surface area contributed by atoms with Gasteiger partial charge in [0.25, 0.3) is 0 Å². The van der Waals surface area contributed by atoms with Crippen molar-refractivity contribution in [1.82, 2.24) is 0 Å². The molecule has 0 saturated heterocycles. The molecule has 0 aliphatic rings. The first-order chi connectivity index (χ1) is 6.61. The zero-order valence-corrected chi connectivity index (χ0v) is 10.4. The summed E-state index contributed by atoms with van der Waals surface area (Å²) in [7, 11) is 0. The van der Waals surface area contributed by atoms with Gasteiger partial charge in [-0.05, 0) is 25.2 Å². The van der Waals surface area contributed by atoms with E-state index in [4.69, 9.17) is 0 Å². The van der Waals surface area contributed by atoms with E-state index in [0.29, 0.717) is 5.92 Å². The lowest BCUT2D eigenvalue weighted by atomic mass is 9.95. The first-order valence-electron chi connectivity index (χ1n) is 6.00. The third kappa shape index (κ3) is 6.01. The SMILES string of the molecule is C=C(/C=C(\CCC)C(C)C)CCCC. The maximum atomic E-state index is 4.12. The molecule has 0 N–H and O–H groups in total. The van der Waals surface area contributed by atoms with E-state index in [2.05, 4.69) is 40.3 Å². The smallest absolute Gasteiger partial charge is 0.0257 e. The van der Waals surface area contributed by atoms with Gasteiger partial charge in [-0.15, -0.1) is 0 Å². The van der Waals surface area contributed by atoms with Crippen molar-refractivity contribution in [3.63, 3.8) is 0 Å². The minimum absolute atomic E-state index is 0.674. The molecule has 0 bridgehead atoms. The largest absolute Gasteiger partial charge is 0.0958 e. The van der Waals surface area contributed by atoms with Crippen molar-refractivity contribution in [2.75, 3.05) is 0 Å². The summed E-state index contributed by atoms with van der Waals surface area (Å²) in [4.78, 5) is 0. The van der Waals surface area contributed by atoms with Crippen molar-refractivity contribution in [3.8, 4) is 0 Å². The van der Waals surface area contributed by atoms with Gasteiger partial charge < -0.3 is 0 Å². The maximum Gasteiger partial charge on any atom is -0.0257 e. The van der Waals surface area contributed by atoms with Crippen LogP contribution in [-0.4, -0.2) is 0 Å². The fourth-order valence-corrected chi connectivity index (χ4v) is 1.55. The van der Waals surface area contributed by atoms with Crippen LogP contribution >= 0.6 is 0 Å². The molecular formula is C14H26. The van der Waals surface area contributed by atoms with Crippen molar-refractivity contribution < 1.29 is 0 Å². The lowest BCUT2D eigenvalue weighted by molar-refractivity contribution is 0.697. The number of hydrogen-bond acceptors (Lipinski definition) is 0. The Morgan fingerprint density at radius 3 is 2.21 bits per heavy atom. The normalized spacial score (nSPS) is 12.2. The van der Waals surface area contributed by atoms with Crippen molar-refractivity contribution >= 4 is 0 Å². The van der Waals surface area contributed by atoms with Crippen molar-refractivity contribution in [2.45, 2.75) is 59.8 Å². The van der Waals surface area contributed by atoms with Crippen molar-refractivity contribution in [3.05, 3.63) is 23.8 Å². The van der Waals surface area contributed by atoms with E-state index in [0.717, 1.165) is 6.42 Å². The van der Waals surface area contributed by atoms with Gasteiger partial charge in [-0.2, -0.15) is 0 Å². The van der Waals surface area contributed by atoms with E-state index < -0.39 is 0 Å². The van der Waals surface area contributed by atoms with E-state index in [1.165, 1.54) is 31.3 Å². The van der Waals surface area contributed by atoms with Gasteiger partial charge in [-0.25, -0.2) is 0 Å². The first kappa shape index (κ1) is 13.5. The predicted octanol–water partition coefficient (Wildman–Crippen LogP) is 5.12. The van der Waals surface area contributed by atoms with Crippen molar-refractivity contribution in [1.29, 1.82) is 0 Å². The summed E-state index contributed by atoms with van der Waals surface area (Å²) in [6.07, 6.45) is 8.48. The van der Waals surface area contributed by atoms with Crippen LogP contribution in [0.3, 0.4) is 0 Å². The van der Waals surface area contributed by atoms with Crippen LogP contribution in [0.4, 0.5) is 0 Å². The van der Waals surface area contributed by atoms with Gasteiger partial charge in [0, 0.05) is 0 Å². The van der Waals surface area contributed by atoms with E-state index in [1.54, 1.807) is 5.57 Å². The van der Waals surface area contributed by atoms with Gasteiger partial charge in [0.2, 0.25) is 0 Å². The van der Waals surface area contributed by atoms with E-state index in [1.807, 2.05) is 0 Å². The molecule has 0 amide bonds. The molecule has 0 fully saturated rings. The third-order valence-electron chi connectivity index (χ3n) is 2.52. The molecule has 0 aromatic heterocycles. The molecular weight excluding hydrogens is 168 g/mol. The van der Waals surface area contributed by atoms with E-state index in [9.17, 15) is 0 Å². The Kier molecular flexibility index (Phi) is 7.55. The van der Waals surface area contributed by atoms with Crippen LogP contribution in [0.1, 0.15) is 59.8 Å². The molecule has 0 rings (SSSR count). The summed E-state index contributed by atoms with van der Waals surface area (Å²) in [5.74, 6) is 0.674. The second-order valence-corrected chi connectivity index (χ2v) is 4.39. The topological polar surface area (TPSA) is 0 Å². The highest BCUT2D eigenvalue weighted by Gasteiger charge is 2.02. The standard InChI is InChI=1S/C14H26/c1-6-8-10-13(5)11-14(9-7-2)12(3)4/h11-12H,5-10H2,1-4H3/b14-11+. The van der Waals surface area contributed by atoms with Crippen LogP contribution in [0.15, 0.2) is 23.8 Å². The predicted molar refractivity (Wildman–Crippen MR) is 66.5 cm³/mol. The van der Waals surface area contributed by atoms with Crippen LogP contribution in [0.2, 0.25) is 0 Å². The zero-order valence-electron chi connectivity index (χ0n) is 10.4. The highest BCUT2D eigenvalue weighted by Crippen LogP contribution is 2.19. The van der Waals surface area contributed by atoms with Gasteiger partial charge in [-0.1, -0.05) is 64.3 Å². The average Bonchev–Trinajstić information content (AvgIpc) is 2.14. The van der Waals surface area contributed by atoms with Crippen LogP contribution in [-0.2, 0) is 0 Å². The summed E-state index contributed by atoms with van der Waals surface area (Å²) in [5, 5.41) is 0. The Morgan fingerprint density at radius 2 is 1.79 bits per heavy atom. The third-order valence-corrected chi connectivity index (χ3v) is 2.52. The molecule has 0 aromatic rings. The Bertz CT molecular complexity index is 184. The van der Waals surface area contributed by atoms with Crippen LogP contribution in [0.5, 0.6) is 0 Å². The summed E-state index contributed by atoms with van der Waals surface area (Å²) >= 11 is 0. The van der Waals surface area contributed by atoms with E-state index in [-0.39, 0.29) is 0 Å². The van der Waals surface area contributed by atoms with Gasteiger partial charge >= 0.3 is 0 Å². The molecule has 0 atom stereocenters. The monoisotopic (exact) mass is 194 g/mol. The number of allylic oxidation sites excluding steroid dienone is 3. The second kappa shape index (κ2) is 7.84. The van der Waals surface area contributed by atoms with Gasteiger partial charge in [0.15, 0.2) is 0 Å². The molecule has 0 unspecified atom stereocenters. The summed E-state index contributed by atoms with van der Waals surface area (Å²) in [6, 6.07) is 0. The average molecular weight is 194 g/mol. The Hall–Kier alpha value is -0.520. The summed E-state index contributed by atoms with van der Waals surface area (Å²) in [5.41, 5.74) is 2.87. The molecule has 0 spiro atoms. The molecule has 0 aliphatic heterocycles. The number of rotatable bonds is 7. The fourth-order valence-electron chi connectivity index (χ4n) is 1.55. The Balaban J connectivity index is 4.18. The Morgan fingerprint density at radius 1 is 1.14 bits per heavy atom. The molecule has 14 heavy (non-hydrogen) atoms. The van der Waals surface area contributed by atoms with Gasteiger partial charge in [0.1, 0.15) is 0 Å². The summed E-state index contributed by atoms with van der Waals surface area (Å²) in [6.45, 7) is 13.1. The highest BCUT2D eigenvalue weighted by molar-refractivity contribution is 5.21. The zero-order chi connectivity index (χ0) is 11.0. The molecule has 0 aliphatic carbocycles. The van der Waals surface area contributed by atoms with Crippen LogP contribution < -0.4 is 0 Å². The van der Waals surface area contributed by atoms with Gasteiger partial charge in [0.05, 0.1) is 0 Å². The molecule has 82 valence electrons.